The summed E-state index contributed by atoms with van der Waals surface area (Å²) >= 11 is 0. The third-order valence-electron chi connectivity index (χ3n) is 5.18. The van der Waals surface area contributed by atoms with Crippen molar-refractivity contribution >= 4 is 23.5 Å². The van der Waals surface area contributed by atoms with E-state index in [1.54, 1.807) is 43.3 Å². The van der Waals surface area contributed by atoms with Crippen LogP contribution in [0.1, 0.15) is 44.4 Å². The van der Waals surface area contributed by atoms with Crippen molar-refractivity contribution in [2.75, 3.05) is 11.9 Å². The van der Waals surface area contributed by atoms with Crippen molar-refractivity contribution in [2.45, 2.75) is 38.6 Å². The van der Waals surface area contributed by atoms with Crippen molar-refractivity contribution < 1.29 is 14.4 Å². The van der Waals surface area contributed by atoms with Crippen LogP contribution < -0.4 is 10.6 Å². The van der Waals surface area contributed by atoms with Crippen LogP contribution in [-0.2, 0) is 20.5 Å². The van der Waals surface area contributed by atoms with E-state index < -0.39 is 29.9 Å². The molecule has 0 radical (unpaired) electrons. The number of carbonyl (C=O) groups is 3. The molecule has 1 aliphatic heterocycles. The van der Waals surface area contributed by atoms with Crippen LogP contribution in [0.15, 0.2) is 48.5 Å². The molecule has 1 aliphatic rings. The molecule has 0 aliphatic carbocycles. The molecular formula is C23H24N4O3. The fourth-order valence-electron chi connectivity index (χ4n) is 3.33. The number of nitrogens with one attached hydrogen (secondary N) is 2. The van der Waals surface area contributed by atoms with Gasteiger partial charge in [-0.2, -0.15) is 5.26 Å². The highest BCUT2D eigenvalue weighted by Crippen LogP contribution is 2.29. The van der Waals surface area contributed by atoms with Gasteiger partial charge in [-0.25, -0.2) is 4.79 Å². The van der Waals surface area contributed by atoms with Gasteiger partial charge < -0.3 is 10.6 Å². The van der Waals surface area contributed by atoms with Crippen molar-refractivity contribution in [3.63, 3.8) is 0 Å². The number of hydrogen-bond acceptors (Lipinski definition) is 4. The predicted octanol–water partition coefficient (Wildman–Crippen LogP) is 3.26. The van der Waals surface area contributed by atoms with Gasteiger partial charge in [0.2, 0.25) is 5.91 Å². The first kappa shape index (κ1) is 21.1. The lowest BCUT2D eigenvalue weighted by Crippen LogP contribution is -2.42. The number of hydrogen-bond donors (Lipinski definition) is 2. The van der Waals surface area contributed by atoms with Gasteiger partial charge in [-0.15, -0.1) is 0 Å². The Morgan fingerprint density at radius 3 is 2.43 bits per heavy atom. The molecule has 1 heterocycles. The van der Waals surface area contributed by atoms with Gasteiger partial charge >= 0.3 is 6.03 Å². The van der Waals surface area contributed by atoms with E-state index in [0.717, 1.165) is 10.5 Å². The van der Waals surface area contributed by atoms with Gasteiger partial charge in [0.05, 0.1) is 11.6 Å². The average Bonchev–Trinajstić information content (AvgIpc) is 2.92. The standard InChI is InChI=1S/C23H24N4O3/c1-22(2,3)16-8-10-18(11-9-16)25-19(28)14-27-20(29)23(4,26-21(27)30)17-7-5-6-15(12-17)13-24/h5-12H,14H2,1-4H3,(H,25,28)(H,26,30). The number of amides is 4. The zero-order valence-electron chi connectivity index (χ0n) is 17.4. The second kappa shape index (κ2) is 7.64. The van der Waals surface area contributed by atoms with Crippen molar-refractivity contribution in [3.05, 3.63) is 65.2 Å². The van der Waals surface area contributed by atoms with E-state index in [0.29, 0.717) is 16.8 Å². The summed E-state index contributed by atoms with van der Waals surface area (Å²) in [5.41, 5.74) is 1.25. The van der Waals surface area contributed by atoms with E-state index in [2.05, 4.69) is 31.4 Å². The molecule has 7 nitrogen and oxygen atoms in total. The summed E-state index contributed by atoms with van der Waals surface area (Å²) in [6.07, 6.45) is 0. The lowest BCUT2D eigenvalue weighted by atomic mass is 9.87. The summed E-state index contributed by atoms with van der Waals surface area (Å²) in [4.78, 5) is 38.7. The molecule has 0 saturated carbocycles. The van der Waals surface area contributed by atoms with Gasteiger partial charge in [0, 0.05) is 5.69 Å². The first-order valence-electron chi connectivity index (χ1n) is 9.60. The monoisotopic (exact) mass is 404 g/mol. The molecular weight excluding hydrogens is 380 g/mol. The average molecular weight is 404 g/mol. The topological polar surface area (TPSA) is 102 Å². The minimum absolute atomic E-state index is 0.00406. The van der Waals surface area contributed by atoms with Gasteiger partial charge in [-0.1, -0.05) is 45.0 Å². The molecule has 1 fully saturated rings. The molecule has 30 heavy (non-hydrogen) atoms. The second-order valence-corrected chi connectivity index (χ2v) is 8.51. The summed E-state index contributed by atoms with van der Waals surface area (Å²) in [6, 6.07) is 15.3. The number of rotatable bonds is 4. The fraction of sp³-hybridized carbons (Fsp3) is 0.304. The number of nitrogens with zero attached hydrogens (tertiary/aromatic N) is 2. The Balaban J connectivity index is 1.72. The van der Waals surface area contributed by atoms with E-state index in [-0.39, 0.29) is 5.41 Å². The highest BCUT2D eigenvalue weighted by atomic mass is 16.2. The third-order valence-corrected chi connectivity index (χ3v) is 5.18. The zero-order chi connectivity index (χ0) is 22.1. The summed E-state index contributed by atoms with van der Waals surface area (Å²) in [5.74, 6) is -1.02. The van der Waals surface area contributed by atoms with Crippen LogP contribution >= 0.6 is 0 Å². The lowest BCUT2D eigenvalue weighted by Gasteiger charge is -2.22. The summed E-state index contributed by atoms with van der Waals surface area (Å²) in [6.45, 7) is 7.45. The quantitative estimate of drug-likeness (QED) is 0.764. The molecule has 3 rings (SSSR count). The number of urea groups is 1. The van der Waals surface area contributed by atoms with E-state index in [1.807, 2.05) is 18.2 Å². The van der Waals surface area contributed by atoms with E-state index in [4.69, 9.17) is 5.26 Å². The molecule has 4 amide bonds. The molecule has 0 spiro atoms. The smallest absolute Gasteiger partial charge is 0.325 e. The molecule has 2 N–H and O–H groups in total. The van der Waals surface area contributed by atoms with Crippen LogP contribution in [0.5, 0.6) is 0 Å². The van der Waals surface area contributed by atoms with E-state index >= 15 is 0 Å². The SMILES string of the molecule is CC(C)(C)c1ccc(NC(=O)CN2C(=O)NC(C)(c3cccc(C#N)c3)C2=O)cc1. The highest BCUT2D eigenvalue weighted by Gasteiger charge is 2.49. The maximum atomic E-state index is 13.0. The van der Waals surface area contributed by atoms with Crippen LogP contribution in [-0.4, -0.2) is 29.3 Å². The van der Waals surface area contributed by atoms with Gasteiger partial charge in [0.15, 0.2) is 0 Å². The summed E-state index contributed by atoms with van der Waals surface area (Å²) in [7, 11) is 0. The molecule has 154 valence electrons. The van der Waals surface area contributed by atoms with Crippen molar-refractivity contribution in [1.29, 1.82) is 5.26 Å². The van der Waals surface area contributed by atoms with Gasteiger partial charge in [-0.05, 0) is 47.7 Å². The third kappa shape index (κ3) is 4.03. The van der Waals surface area contributed by atoms with Crippen LogP contribution in [0.25, 0.3) is 0 Å². The van der Waals surface area contributed by atoms with E-state index in [9.17, 15) is 14.4 Å². The van der Waals surface area contributed by atoms with Crippen LogP contribution in [0.3, 0.4) is 0 Å². The van der Waals surface area contributed by atoms with Gasteiger partial charge in [-0.3, -0.25) is 14.5 Å². The number of anilines is 1. The molecule has 1 saturated heterocycles. The van der Waals surface area contributed by atoms with Crippen molar-refractivity contribution in [1.82, 2.24) is 10.2 Å². The fourth-order valence-corrected chi connectivity index (χ4v) is 3.33. The summed E-state index contributed by atoms with van der Waals surface area (Å²) < 4.78 is 0. The minimum atomic E-state index is -1.33. The molecule has 7 heteroatoms. The van der Waals surface area contributed by atoms with Crippen LogP contribution in [0.2, 0.25) is 0 Å². The van der Waals surface area contributed by atoms with E-state index in [1.165, 1.54) is 0 Å². The Bertz CT molecular complexity index is 1050. The summed E-state index contributed by atoms with van der Waals surface area (Å²) in [5, 5.41) is 14.5. The predicted molar refractivity (Wildman–Crippen MR) is 113 cm³/mol. The molecule has 0 bridgehead atoms. The second-order valence-electron chi connectivity index (χ2n) is 8.51. The van der Waals surface area contributed by atoms with Crippen molar-refractivity contribution in [2.24, 2.45) is 0 Å². The number of carbonyl (C=O) groups excluding carboxylic acids is 3. The highest BCUT2D eigenvalue weighted by molar-refractivity contribution is 6.10. The zero-order valence-corrected chi connectivity index (χ0v) is 17.4. The Labute approximate surface area is 175 Å². The first-order valence-corrected chi connectivity index (χ1v) is 9.60. The van der Waals surface area contributed by atoms with Crippen LogP contribution in [0.4, 0.5) is 10.5 Å². The molecule has 1 unspecified atom stereocenters. The Morgan fingerprint density at radius 2 is 1.83 bits per heavy atom. The van der Waals surface area contributed by atoms with Gasteiger partial charge in [0.1, 0.15) is 12.1 Å². The molecule has 2 aromatic carbocycles. The number of nitriles is 1. The van der Waals surface area contributed by atoms with Crippen LogP contribution in [0, 0.1) is 11.3 Å². The Morgan fingerprint density at radius 1 is 1.17 bits per heavy atom. The molecule has 2 aromatic rings. The minimum Gasteiger partial charge on any atom is -0.325 e. The Hall–Kier alpha value is -3.66. The number of benzene rings is 2. The first-order chi connectivity index (χ1) is 14.0. The molecule has 0 aromatic heterocycles. The molecule has 1 atom stereocenters. The maximum Gasteiger partial charge on any atom is 0.325 e. The van der Waals surface area contributed by atoms with Gasteiger partial charge in [0.25, 0.3) is 5.91 Å². The lowest BCUT2D eigenvalue weighted by molar-refractivity contribution is -0.133. The normalized spacial score (nSPS) is 18.7. The Kier molecular flexibility index (Phi) is 5.36. The maximum absolute atomic E-state index is 13.0. The number of imide groups is 1. The largest absolute Gasteiger partial charge is 0.325 e. The van der Waals surface area contributed by atoms with Crippen molar-refractivity contribution in [3.8, 4) is 6.07 Å².